The number of thiophene rings is 1. The van der Waals surface area contributed by atoms with Crippen LogP contribution in [-0.2, 0) is 11.3 Å². The van der Waals surface area contributed by atoms with Crippen LogP contribution < -0.4 is 5.32 Å². The minimum absolute atomic E-state index is 0.111. The first kappa shape index (κ1) is 19.2. The molecule has 0 saturated heterocycles. The number of nitrogens with one attached hydrogen (secondary N) is 1. The predicted molar refractivity (Wildman–Crippen MR) is 109 cm³/mol. The number of benzene rings is 2. The number of nitrogens with zero attached hydrogens (tertiary/aromatic N) is 2. The number of fused-ring (bicyclic) bond motifs is 1. The van der Waals surface area contributed by atoms with Crippen molar-refractivity contribution in [3.8, 4) is 5.69 Å². The Labute approximate surface area is 169 Å². The zero-order valence-corrected chi connectivity index (χ0v) is 16.5. The Balaban J connectivity index is 1.73. The molecule has 0 aliphatic carbocycles. The fraction of sp³-hybridized carbons (Fsp3) is 0.143. The molecule has 0 radical (unpaired) electrons. The van der Waals surface area contributed by atoms with Crippen LogP contribution in [0.1, 0.15) is 20.9 Å². The van der Waals surface area contributed by atoms with E-state index in [4.69, 9.17) is 4.74 Å². The number of hydrogen-bond donors (Lipinski definition) is 1. The first-order valence-corrected chi connectivity index (χ1v) is 9.62. The number of carbonyl (C=O) groups excluding carboxylic acids is 1. The molecule has 0 bridgehead atoms. The van der Waals surface area contributed by atoms with Crippen LogP contribution in [0.25, 0.3) is 15.8 Å². The number of rotatable bonds is 5. The molecule has 148 valence electrons. The van der Waals surface area contributed by atoms with Gasteiger partial charge in [0.1, 0.15) is 17.5 Å². The number of carbonyl (C=O) groups is 1. The Morgan fingerprint density at radius 2 is 1.97 bits per heavy atom. The first-order chi connectivity index (χ1) is 14.0. The van der Waals surface area contributed by atoms with E-state index < -0.39 is 5.82 Å². The molecule has 8 heteroatoms. The van der Waals surface area contributed by atoms with Crippen molar-refractivity contribution in [3.05, 3.63) is 76.3 Å². The Bertz CT molecular complexity index is 1200. The van der Waals surface area contributed by atoms with E-state index in [0.29, 0.717) is 37.7 Å². The van der Waals surface area contributed by atoms with Crippen molar-refractivity contribution in [1.82, 2.24) is 9.78 Å². The Kier molecular flexibility index (Phi) is 5.12. The molecule has 1 N–H and O–H groups in total. The number of aryl methyl sites for hydroxylation is 1. The molecular weight excluding hydrogens is 396 g/mol. The summed E-state index contributed by atoms with van der Waals surface area (Å²) in [6.45, 7) is 1.90. The lowest BCUT2D eigenvalue weighted by Crippen LogP contribution is -2.15. The van der Waals surface area contributed by atoms with E-state index in [-0.39, 0.29) is 18.3 Å². The maximum absolute atomic E-state index is 14.4. The van der Waals surface area contributed by atoms with Crippen LogP contribution in [0.3, 0.4) is 0 Å². The Morgan fingerprint density at radius 3 is 2.69 bits per heavy atom. The fourth-order valence-electron chi connectivity index (χ4n) is 3.17. The number of ether oxygens (including phenoxy) is 1. The summed E-state index contributed by atoms with van der Waals surface area (Å²) in [6.07, 6.45) is 0. The van der Waals surface area contributed by atoms with Crippen molar-refractivity contribution in [2.45, 2.75) is 13.5 Å². The van der Waals surface area contributed by atoms with Gasteiger partial charge in [0.25, 0.3) is 5.91 Å². The summed E-state index contributed by atoms with van der Waals surface area (Å²) >= 11 is 1.20. The molecule has 0 saturated carbocycles. The molecule has 0 aliphatic rings. The van der Waals surface area contributed by atoms with Gasteiger partial charge in [0.05, 0.1) is 22.9 Å². The third-order valence-corrected chi connectivity index (χ3v) is 5.60. The van der Waals surface area contributed by atoms with E-state index in [2.05, 4.69) is 10.4 Å². The maximum atomic E-state index is 14.4. The smallest absolute Gasteiger partial charge is 0.267 e. The van der Waals surface area contributed by atoms with Crippen LogP contribution in [0.15, 0.2) is 48.5 Å². The van der Waals surface area contributed by atoms with Crippen molar-refractivity contribution < 1.29 is 18.3 Å². The number of amides is 1. The highest BCUT2D eigenvalue weighted by Gasteiger charge is 2.22. The second kappa shape index (κ2) is 7.73. The van der Waals surface area contributed by atoms with E-state index in [0.717, 1.165) is 0 Å². The average molecular weight is 413 g/mol. The largest absolute Gasteiger partial charge is 0.380 e. The molecule has 4 aromatic rings. The van der Waals surface area contributed by atoms with Crippen LogP contribution in [0.4, 0.5) is 14.6 Å². The standard InChI is InChI=1S/C21H17F2N3O2S/c1-12-10-18(26(25-12)14-8-6-13(22)7-9-14)24-21(27)20-15(11-28-2)19-16(23)4-3-5-17(19)29-20/h3-10H,11H2,1-2H3,(H,24,27). The zero-order valence-electron chi connectivity index (χ0n) is 15.7. The summed E-state index contributed by atoms with van der Waals surface area (Å²) in [5, 5.41) is 7.61. The summed E-state index contributed by atoms with van der Waals surface area (Å²) < 4.78 is 35.0. The van der Waals surface area contributed by atoms with Crippen molar-refractivity contribution in [2.75, 3.05) is 12.4 Å². The molecule has 0 aliphatic heterocycles. The van der Waals surface area contributed by atoms with Gasteiger partial charge < -0.3 is 10.1 Å². The third kappa shape index (κ3) is 3.64. The number of anilines is 1. The molecule has 0 atom stereocenters. The minimum Gasteiger partial charge on any atom is -0.380 e. The van der Waals surface area contributed by atoms with E-state index >= 15 is 0 Å². The molecule has 0 unspecified atom stereocenters. The van der Waals surface area contributed by atoms with E-state index in [9.17, 15) is 13.6 Å². The normalized spacial score (nSPS) is 11.2. The monoisotopic (exact) mass is 413 g/mol. The molecule has 1 amide bonds. The van der Waals surface area contributed by atoms with Gasteiger partial charge in [-0.2, -0.15) is 5.10 Å². The van der Waals surface area contributed by atoms with Gasteiger partial charge >= 0.3 is 0 Å². The van der Waals surface area contributed by atoms with Crippen LogP contribution >= 0.6 is 11.3 Å². The van der Waals surface area contributed by atoms with Gasteiger partial charge in [-0.15, -0.1) is 11.3 Å². The fourth-order valence-corrected chi connectivity index (χ4v) is 4.29. The Morgan fingerprint density at radius 1 is 1.21 bits per heavy atom. The summed E-state index contributed by atoms with van der Waals surface area (Å²) in [5.41, 5.74) is 1.80. The number of halogens is 2. The SMILES string of the molecule is COCc1c(C(=O)Nc2cc(C)nn2-c2ccc(F)cc2)sc2cccc(F)c12. The summed E-state index contributed by atoms with van der Waals surface area (Å²) in [4.78, 5) is 13.4. The van der Waals surface area contributed by atoms with Gasteiger partial charge in [-0.1, -0.05) is 6.07 Å². The highest BCUT2D eigenvalue weighted by atomic mass is 32.1. The van der Waals surface area contributed by atoms with Gasteiger partial charge in [-0.05, 0) is 43.3 Å². The minimum atomic E-state index is -0.392. The van der Waals surface area contributed by atoms with E-state index in [1.54, 1.807) is 37.3 Å². The van der Waals surface area contributed by atoms with Gasteiger partial charge in [0, 0.05) is 28.8 Å². The average Bonchev–Trinajstić information content (AvgIpc) is 3.24. The van der Waals surface area contributed by atoms with Crippen LogP contribution in [0, 0.1) is 18.6 Å². The van der Waals surface area contributed by atoms with E-state index in [1.807, 2.05) is 0 Å². The predicted octanol–water partition coefficient (Wildman–Crippen LogP) is 5.07. The lowest BCUT2D eigenvalue weighted by Gasteiger charge is -2.09. The van der Waals surface area contributed by atoms with Gasteiger partial charge in [0.2, 0.25) is 0 Å². The maximum Gasteiger partial charge on any atom is 0.267 e. The quantitative estimate of drug-likeness (QED) is 0.497. The molecule has 2 aromatic heterocycles. The van der Waals surface area contributed by atoms with Crippen LogP contribution in [0.5, 0.6) is 0 Å². The lowest BCUT2D eigenvalue weighted by atomic mass is 10.1. The molecule has 0 spiro atoms. The topological polar surface area (TPSA) is 56.1 Å². The summed E-state index contributed by atoms with van der Waals surface area (Å²) in [7, 11) is 1.50. The number of methoxy groups -OCH3 is 1. The molecular formula is C21H17F2N3O2S. The molecule has 5 nitrogen and oxygen atoms in total. The van der Waals surface area contributed by atoms with Gasteiger partial charge in [-0.25, -0.2) is 13.5 Å². The second-order valence-electron chi connectivity index (χ2n) is 6.47. The number of aromatic nitrogens is 2. The molecule has 0 fully saturated rings. The van der Waals surface area contributed by atoms with E-state index in [1.165, 1.54) is 41.3 Å². The van der Waals surface area contributed by atoms with Gasteiger partial charge in [0.15, 0.2) is 0 Å². The highest BCUT2D eigenvalue weighted by molar-refractivity contribution is 7.21. The Hall–Kier alpha value is -3.10. The van der Waals surface area contributed by atoms with Crippen molar-refractivity contribution in [3.63, 3.8) is 0 Å². The molecule has 4 rings (SSSR count). The molecule has 29 heavy (non-hydrogen) atoms. The first-order valence-electron chi connectivity index (χ1n) is 8.80. The van der Waals surface area contributed by atoms with Crippen molar-refractivity contribution in [2.24, 2.45) is 0 Å². The lowest BCUT2D eigenvalue weighted by molar-refractivity contribution is 0.102. The van der Waals surface area contributed by atoms with Crippen LogP contribution in [0.2, 0.25) is 0 Å². The highest BCUT2D eigenvalue weighted by Crippen LogP contribution is 2.34. The molecule has 2 heterocycles. The van der Waals surface area contributed by atoms with Crippen molar-refractivity contribution in [1.29, 1.82) is 0 Å². The van der Waals surface area contributed by atoms with Crippen molar-refractivity contribution >= 4 is 33.1 Å². The zero-order chi connectivity index (χ0) is 20.5. The summed E-state index contributed by atoms with van der Waals surface area (Å²) in [6, 6.07) is 12.2. The summed E-state index contributed by atoms with van der Waals surface area (Å²) in [5.74, 6) is -0.710. The van der Waals surface area contributed by atoms with Gasteiger partial charge in [-0.3, -0.25) is 4.79 Å². The third-order valence-electron chi connectivity index (χ3n) is 4.40. The number of hydrogen-bond acceptors (Lipinski definition) is 4. The van der Waals surface area contributed by atoms with Crippen LogP contribution in [-0.4, -0.2) is 22.8 Å². The second-order valence-corrected chi connectivity index (χ2v) is 7.52. The molecule has 2 aromatic carbocycles.